The van der Waals surface area contributed by atoms with Gasteiger partial charge in [-0.15, -0.1) is 26.9 Å². The molecule has 2 atom stereocenters. The van der Waals surface area contributed by atoms with Crippen molar-refractivity contribution >= 4 is 23.2 Å². The van der Waals surface area contributed by atoms with Gasteiger partial charge in [-0.05, 0) is 22.1 Å². The average molecular weight is 335 g/mol. The first-order valence-electron chi connectivity index (χ1n) is 6.58. The summed E-state index contributed by atoms with van der Waals surface area (Å²) >= 11 is 6.60. The normalized spacial score (nSPS) is 22.1. The maximum atomic E-state index is 6.60. The summed E-state index contributed by atoms with van der Waals surface area (Å²) < 4.78 is 7.34. The highest BCUT2D eigenvalue weighted by Crippen LogP contribution is 2.37. The highest BCUT2D eigenvalue weighted by Gasteiger charge is 2.46. The van der Waals surface area contributed by atoms with Crippen molar-refractivity contribution in [1.82, 2.24) is 35.4 Å². The first-order chi connectivity index (χ1) is 11.2. The van der Waals surface area contributed by atoms with E-state index >= 15 is 0 Å². The maximum absolute atomic E-state index is 6.60. The lowest BCUT2D eigenvalue weighted by Gasteiger charge is -2.28. The number of alkyl halides is 1. The van der Waals surface area contributed by atoms with Gasteiger partial charge >= 0.3 is 5.95 Å². The Bertz CT molecular complexity index is 847. The molecule has 1 aliphatic heterocycles. The molecule has 0 fully saturated rings. The van der Waals surface area contributed by atoms with Gasteiger partial charge in [-0.1, -0.05) is 11.2 Å². The molecule has 0 spiro atoms. The zero-order chi connectivity index (χ0) is 15.9. The largest absolute Gasteiger partial charge is 0.341 e. The second-order valence-electron chi connectivity index (χ2n) is 4.74. The summed E-state index contributed by atoms with van der Waals surface area (Å²) in [5.41, 5.74) is 4.53. The van der Waals surface area contributed by atoms with Crippen molar-refractivity contribution in [3.8, 4) is 0 Å². The third kappa shape index (κ3) is 2.21. The molecule has 1 aliphatic rings. The Morgan fingerprint density at radius 3 is 3.09 bits per heavy atom. The van der Waals surface area contributed by atoms with Crippen LogP contribution in [0.1, 0.15) is 10.9 Å². The monoisotopic (exact) mass is 334 g/mol. The van der Waals surface area contributed by atoms with E-state index < -0.39 is 11.2 Å². The van der Waals surface area contributed by atoms with Crippen LogP contribution in [0.4, 0.5) is 5.95 Å². The molecule has 0 radical (unpaired) electrons. The Labute approximate surface area is 134 Å². The predicted octanol–water partition coefficient (Wildman–Crippen LogP) is 0.819. The van der Waals surface area contributed by atoms with Crippen molar-refractivity contribution < 1.29 is 4.74 Å². The summed E-state index contributed by atoms with van der Waals surface area (Å²) in [7, 11) is 1.48. The van der Waals surface area contributed by atoms with Gasteiger partial charge in [0.15, 0.2) is 0 Å². The van der Waals surface area contributed by atoms with Crippen LogP contribution >= 0.6 is 11.6 Å². The highest BCUT2D eigenvalue weighted by molar-refractivity contribution is 6.21. The Kier molecular flexibility index (Phi) is 3.18. The van der Waals surface area contributed by atoms with Gasteiger partial charge in [0.2, 0.25) is 0 Å². The van der Waals surface area contributed by atoms with Crippen molar-refractivity contribution in [2.24, 2.45) is 10.3 Å². The van der Waals surface area contributed by atoms with Gasteiger partial charge in [-0.2, -0.15) is 10.6 Å². The van der Waals surface area contributed by atoms with Crippen LogP contribution in [0.2, 0.25) is 0 Å². The Hall–Kier alpha value is -2.63. The van der Waals surface area contributed by atoms with E-state index in [0.717, 1.165) is 11.2 Å². The Balaban J connectivity index is 1.65. The SMILES string of the molecule is COC1(C(Cl)c2ccc3nccn3c2)N=NN(c2nn[nH]n2)N1. The lowest BCUT2D eigenvalue weighted by atomic mass is 10.1. The molecule has 3 aromatic heterocycles. The van der Waals surface area contributed by atoms with E-state index in [0.29, 0.717) is 0 Å². The Morgan fingerprint density at radius 1 is 1.39 bits per heavy atom. The molecule has 0 aliphatic carbocycles. The number of tetrazole rings is 1. The van der Waals surface area contributed by atoms with E-state index in [1.807, 2.05) is 28.9 Å². The van der Waals surface area contributed by atoms with Gasteiger partial charge in [-0.3, -0.25) is 0 Å². The second kappa shape index (κ2) is 5.22. The molecule has 12 heteroatoms. The molecule has 118 valence electrons. The quantitative estimate of drug-likeness (QED) is 0.677. The molecule has 3 aromatic rings. The number of pyridine rings is 1. The minimum Gasteiger partial charge on any atom is -0.341 e. The molecule has 0 bridgehead atoms. The zero-order valence-corrected chi connectivity index (χ0v) is 12.6. The minimum absolute atomic E-state index is 0.196. The van der Waals surface area contributed by atoms with Crippen molar-refractivity contribution in [1.29, 1.82) is 0 Å². The third-order valence-corrected chi connectivity index (χ3v) is 3.98. The van der Waals surface area contributed by atoms with E-state index in [9.17, 15) is 0 Å². The van der Waals surface area contributed by atoms with E-state index in [4.69, 9.17) is 16.3 Å². The van der Waals surface area contributed by atoms with Crippen LogP contribution in [0.3, 0.4) is 0 Å². The number of methoxy groups -OCH3 is 1. The number of rotatable bonds is 4. The maximum Gasteiger partial charge on any atom is 0.302 e. The van der Waals surface area contributed by atoms with E-state index in [2.05, 4.69) is 41.4 Å². The van der Waals surface area contributed by atoms with Gasteiger partial charge in [-0.25, -0.2) is 4.98 Å². The number of aromatic nitrogens is 6. The van der Waals surface area contributed by atoms with Crippen molar-refractivity contribution in [3.63, 3.8) is 0 Å². The fourth-order valence-corrected chi connectivity index (χ4v) is 2.56. The zero-order valence-electron chi connectivity index (χ0n) is 11.8. The standard InChI is InChI=1S/C11H11ClN10O/c1-23-11(16-20-22(17-11)10-14-18-19-15-10)9(12)7-2-3-8-13-4-5-21(8)6-7/h2-6,9,17H,1H3,(H,14,15,18,19). The number of aromatic amines is 1. The first kappa shape index (κ1) is 14.0. The fraction of sp³-hybridized carbons (Fsp3) is 0.273. The van der Waals surface area contributed by atoms with Gasteiger partial charge in [0.25, 0.3) is 5.85 Å². The highest BCUT2D eigenvalue weighted by atomic mass is 35.5. The van der Waals surface area contributed by atoms with Crippen LogP contribution in [0.15, 0.2) is 41.1 Å². The van der Waals surface area contributed by atoms with Crippen LogP contribution in [0.25, 0.3) is 5.65 Å². The molecule has 4 heterocycles. The number of fused-ring (bicyclic) bond motifs is 1. The van der Waals surface area contributed by atoms with Crippen molar-refractivity contribution in [2.45, 2.75) is 11.2 Å². The number of ether oxygens (including phenoxy) is 1. The van der Waals surface area contributed by atoms with Gasteiger partial charge in [0.05, 0.1) is 0 Å². The fourth-order valence-electron chi connectivity index (χ4n) is 2.25. The minimum atomic E-state index is -1.30. The van der Waals surface area contributed by atoms with Crippen molar-refractivity contribution in [2.75, 3.05) is 12.2 Å². The molecular formula is C11H11ClN10O. The van der Waals surface area contributed by atoms with Crippen LogP contribution in [-0.4, -0.2) is 43.0 Å². The van der Waals surface area contributed by atoms with E-state index in [1.165, 1.54) is 12.2 Å². The average Bonchev–Trinajstić information content (AvgIpc) is 3.32. The molecule has 0 saturated heterocycles. The molecule has 2 N–H and O–H groups in total. The molecule has 11 nitrogen and oxygen atoms in total. The summed E-state index contributed by atoms with van der Waals surface area (Å²) in [6, 6.07) is 3.71. The summed E-state index contributed by atoms with van der Waals surface area (Å²) in [5, 5.41) is 22.0. The topological polar surface area (TPSA) is 121 Å². The number of H-pyrrole nitrogens is 1. The molecule has 0 amide bonds. The van der Waals surface area contributed by atoms with E-state index in [1.54, 1.807) is 6.20 Å². The predicted molar refractivity (Wildman–Crippen MR) is 78.2 cm³/mol. The summed E-state index contributed by atoms with van der Waals surface area (Å²) in [6.07, 6.45) is 5.39. The van der Waals surface area contributed by atoms with Gasteiger partial charge < -0.3 is 9.14 Å². The van der Waals surface area contributed by atoms with Crippen molar-refractivity contribution in [3.05, 3.63) is 36.3 Å². The molecule has 0 saturated carbocycles. The second-order valence-corrected chi connectivity index (χ2v) is 5.18. The number of anilines is 1. The number of hydrazine groups is 1. The van der Waals surface area contributed by atoms with Gasteiger partial charge in [0, 0.05) is 25.7 Å². The lowest BCUT2D eigenvalue weighted by molar-refractivity contribution is -0.0277. The number of nitrogens with zero attached hydrogens (tertiary/aromatic N) is 8. The number of hydrogen-bond donors (Lipinski definition) is 2. The van der Waals surface area contributed by atoms with Crippen LogP contribution < -0.4 is 10.5 Å². The number of imidazole rings is 1. The molecule has 23 heavy (non-hydrogen) atoms. The van der Waals surface area contributed by atoms with Crippen LogP contribution in [0.5, 0.6) is 0 Å². The van der Waals surface area contributed by atoms with Gasteiger partial charge in [0.1, 0.15) is 11.0 Å². The lowest BCUT2D eigenvalue weighted by Crippen LogP contribution is -2.51. The molecule has 0 aromatic carbocycles. The Morgan fingerprint density at radius 2 is 2.30 bits per heavy atom. The first-order valence-corrected chi connectivity index (χ1v) is 7.01. The molecule has 4 rings (SSSR count). The molecular weight excluding hydrogens is 324 g/mol. The van der Waals surface area contributed by atoms with Crippen LogP contribution in [0, 0.1) is 0 Å². The third-order valence-electron chi connectivity index (χ3n) is 3.43. The van der Waals surface area contributed by atoms with E-state index in [-0.39, 0.29) is 5.95 Å². The summed E-state index contributed by atoms with van der Waals surface area (Å²) in [6.45, 7) is 0. The summed E-state index contributed by atoms with van der Waals surface area (Å²) in [5.74, 6) is -1.10. The summed E-state index contributed by atoms with van der Waals surface area (Å²) in [4.78, 5) is 4.20. The number of nitrogens with one attached hydrogen (secondary N) is 2. The number of hydrogen-bond acceptors (Lipinski definition) is 9. The molecule has 2 unspecified atom stereocenters. The smallest absolute Gasteiger partial charge is 0.302 e. The number of halogens is 1. The van der Waals surface area contributed by atoms with Crippen LogP contribution in [-0.2, 0) is 4.74 Å².